The van der Waals surface area contributed by atoms with Gasteiger partial charge in [0.2, 0.25) is 29.5 Å². The van der Waals surface area contributed by atoms with Gasteiger partial charge < -0.3 is 46.9 Å². The summed E-state index contributed by atoms with van der Waals surface area (Å²) in [5.74, 6) is -4.56. The third-order valence-electron chi connectivity index (χ3n) is 10.7. The second-order valence-corrected chi connectivity index (χ2v) is 17.3. The van der Waals surface area contributed by atoms with Crippen LogP contribution in [-0.4, -0.2) is 120 Å². The predicted octanol–water partition coefficient (Wildman–Crippen LogP) is 1.88. The van der Waals surface area contributed by atoms with Crippen molar-refractivity contribution in [3.63, 3.8) is 0 Å². The van der Waals surface area contributed by atoms with Crippen LogP contribution in [0.25, 0.3) is 0 Å². The molecule has 3 rings (SSSR count). The molecular formula is C45H67N7O10. The van der Waals surface area contributed by atoms with Crippen molar-refractivity contribution in [1.29, 1.82) is 0 Å². The number of nitrogens with one attached hydrogen (secondary N) is 5. The fourth-order valence-electron chi connectivity index (χ4n) is 7.15. The lowest BCUT2D eigenvalue weighted by Crippen LogP contribution is -2.59. The number of ether oxygens (including phenoxy) is 2. The number of nitrogens with two attached hydrogens (primary N) is 1. The largest absolute Gasteiger partial charge is 0.467 e. The van der Waals surface area contributed by atoms with Crippen molar-refractivity contribution >= 4 is 41.6 Å². The fourth-order valence-corrected chi connectivity index (χ4v) is 7.15. The third kappa shape index (κ3) is 16.4. The number of benzene rings is 2. The molecule has 0 aromatic heterocycles. The summed E-state index contributed by atoms with van der Waals surface area (Å²) >= 11 is 0. The first-order valence-corrected chi connectivity index (χ1v) is 21.3. The number of aliphatic hydroxyl groups is 1. The van der Waals surface area contributed by atoms with E-state index in [4.69, 9.17) is 15.2 Å². The normalized spacial score (nSPS) is 17.5. The van der Waals surface area contributed by atoms with Crippen molar-refractivity contribution in [2.75, 3.05) is 20.2 Å². The minimum absolute atomic E-state index is 0.0332. The molecule has 2 aromatic rings. The molecule has 1 aliphatic heterocycles. The van der Waals surface area contributed by atoms with E-state index in [1.165, 1.54) is 7.11 Å². The number of hydrogen-bond donors (Lipinski definition) is 7. The standard InChI is InChI=1S/C45H67N7O10/c1-9-28(4)38(42(58)50-37(27(2)3)43(59)61-8)51-41(57)34-21-16-22-52(34)26-35(53)31(23-29-17-12-10-13-18-29)47-40(56)33(25-36(46)54)48-39(55)32(24-30-19-14-11-15-20-30)49-44(60)62-45(5,6)7/h10-15,17-20,27-28,31-35,37-38,53H,9,16,21-26H2,1-8H3,(H2,46,54)(H,47,56)(H,48,55)(H,49,60)(H,50,58)(H,51,57)/t28?,31-,32?,33?,34?,35?,37?,38?/m0/s1. The van der Waals surface area contributed by atoms with E-state index in [0.29, 0.717) is 31.4 Å². The summed E-state index contributed by atoms with van der Waals surface area (Å²) in [6.07, 6.45) is -0.930. The van der Waals surface area contributed by atoms with Crippen molar-refractivity contribution in [2.45, 2.75) is 135 Å². The van der Waals surface area contributed by atoms with E-state index in [1.54, 1.807) is 82.0 Å². The summed E-state index contributed by atoms with van der Waals surface area (Å²) in [4.78, 5) is 94.7. The lowest BCUT2D eigenvalue weighted by atomic mass is 9.96. The molecule has 8 N–H and O–H groups in total. The first-order chi connectivity index (χ1) is 29.2. The van der Waals surface area contributed by atoms with Gasteiger partial charge in [-0.15, -0.1) is 0 Å². The Morgan fingerprint density at radius 3 is 1.90 bits per heavy atom. The molecule has 1 fully saturated rings. The van der Waals surface area contributed by atoms with E-state index in [9.17, 15) is 38.7 Å². The Bertz CT molecular complexity index is 1810. The van der Waals surface area contributed by atoms with Crippen LogP contribution in [0.2, 0.25) is 0 Å². The predicted molar refractivity (Wildman–Crippen MR) is 232 cm³/mol. The highest BCUT2D eigenvalue weighted by atomic mass is 16.6. The molecule has 342 valence electrons. The molecule has 2 aromatic carbocycles. The molecule has 0 radical (unpaired) electrons. The zero-order valence-corrected chi connectivity index (χ0v) is 37.3. The summed E-state index contributed by atoms with van der Waals surface area (Å²) in [5, 5.41) is 25.5. The number of aliphatic hydroxyl groups excluding tert-OH is 1. The highest BCUT2D eigenvalue weighted by molar-refractivity contribution is 5.94. The van der Waals surface area contributed by atoms with Gasteiger partial charge in [-0.25, -0.2) is 9.59 Å². The lowest BCUT2D eigenvalue weighted by Gasteiger charge is -2.33. The SMILES string of the molecule is CCC(C)C(NC(=O)C1CCCN1CC(O)[C@H](Cc1ccccc1)NC(=O)C(CC(N)=O)NC(=O)C(Cc1ccccc1)NC(=O)OC(C)(C)C)C(=O)NC(C(=O)OC)C(C)C. The minimum atomic E-state index is -1.49. The van der Waals surface area contributed by atoms with Gasteiger partial charge in [0.05, 0.1) is 31.7 Å². The number of amides is 6. The number of carbonyl (C=O) groups is 7. The number of β-amino-alcohol motifs (C(OH)–C–C–N with tert-alkyl or cyclic N) is 1. The molecule has 0 spiro atoms. The smallest absolute Gasteiger partial charge is 0.408 e. The number of hydrogen-bond acceptors (Lipinski definition) is 11. The Labute approximate surface area is 365 Å². The van der Waals surface area contributed by atoms with Crippen LogP contribution in [0.3, 0.4) is 0 Å². The first kappa shape index (κ1) is 50.8. The van der Waals surface area contributed by atoms with Crippen LogP contribution < -0.4 is 32.3 Å². The number of primary amides is 1. The molecular weight excluding hydrogens is 799 g/mol. The van der Waals surface area contributed by atoms with E-state index >= 15 is 0 Å². The number of esters is 1. The van der Waals surface area contributed by atoms with E-state index in [-0.39, 0.29) is 31.2 Å². The number of rotatable bonds is 22. The van der Waals surface area contributed by atoms with Crippen LogP contribution >= 0.6 is 0 Å². The van der Waals surface area contributed by atoms with Gasteiger partial charge in [-0.05, 0) is 69.5 Å². The summed E-state index contributed by atoms with van der Waals surface area (Å²) in [6, 6.07) is 11.7. The zero-order chi connectivity index (χ0) is 46.1. The Kier molecular flexibility index (Phi) is 19.8. The average Bonchev–Trinajstić information content (AvgIpc) is 3.68. The molecule has 8 atom stereocenters. The second-order valence-electron chi connectivity index (χ2n) is 17.3. The monoisotopic (exact) mass is 865 g/mol. The van der Waals surface area contributed by atoms with Gasteiger partial charge in [-0.2, -0.15) is 0 Å². The van der Waals surface area contributed by atoms with Gasteiger partial charge in [0.1, 0.15) is 29.8 Å². The topological polar surface area (TPSA) is 248 Å². The maximum atomic E-state index is 14.1. The summed E-state index contributed by atoms with van der Waals surface area (Å²) in [6.45, 7) is 12.7. The van der Waals surface area contributed by atoms with Gasteiger partial charge >= 0.3 is 12.1 Å². The fraction of sp³-hybridized carbons (Fsp3) is 0.578. The Balaban J connectivity index is 1.84. The van der Waals surface area contributed by atoms with Crippen LogP contribution in [0.1, 0.15) is 85.3 Å². The van der Waals surface area contributed by atoms with Crippen LogP contribution in [0.15, 0.2) is 60.7 Å². The molecule has 0 aliphatic carbocycles. The number of alkyl carbamates (subject to hydrolysis) is 1. The number of carbonyl (C=O) groups excluding carboxylic acids is 7. The zero-order valence-electron chi connectivity index (χ0n) is 37.3. The lowest BCUT2D eigenvalue weighted by molar-refractivity contribution is -0.147. The van der Waals surface area contributed by atoms with E-state index < -0.39 is 96.0 Å². The number of likely N-dealkylation sites (tertiary alicyclic amines) is 1. The Hall–Kier alpha value is -5.55. The second kappa shape index (κ2) is 24.2. The van der Waals surface area contributed by atoms with E-state index in [0.717, 1.165) is 5.56 Å². The number of nitrogens with zero attached hydrogens (tertiary/aromatic N) is 1. The van der Waals surface area contributed by atoms with E-state index in [1.807, 2.05) is 32.0 Å². The minimum Gasteiger partial charge on any atom is -0.467 e. The molecule has 17 nitrogen and oxygen atoms in total. The third-order valence-corrected chi connectivity index (χ3v) is 10.7. The molecule has 62 heavy (non-hydrogen) atoms. The van der Waals surface area contributed by atoms with Gasteiger partial charge in [0.25, 0.3) is 0 Å². The van der Waals surface area contributed by atoms with Crippen LogP contribution in [0.5, 0.6) is 0 Å². The molecule has 0 bridgehead atoms. The van der Waals surface area contributed by atoms with Crippen molar-refractivity contribution in [1.82, 2.24) is 31.5 Å². The summed E-state index contributed by atoms with van der Waals surface area (Å²) in [7, 11) is 1.24. The van der Waals surface area contributed by atoms with Gasteiger partial charge in [-0.3, -0.25) is 28.9 Å². The Morgan fingerprint density at radius 2 is 1.37 bits per heavy atom. The van der Waals surface area contributed by atoms with Gasteiger partial charge in [0, 0.05) is 13.0 Å². The van der Waals surface area contributed by atoms with Gasteiger partial charge in [0.15, 0.2) is 0 Å². The summed E-state index contributed by atoms with van der Waals surface area (Å²) in [5.41, 5.74) is 6.17. The molecule has 1 heterocycles. The summed E-state index contributed by atoms with van der Waals surface area (Å²) < 4.78 is 10.3. The van der Waals surface area contributed by atoms with Crippen LogP contribution in [-0.2, 0) is 51.1 Å². The Morgan fingerprint density at radius 1 is 0.790 bits per heavy atom. The molecule has 0 saturated carbocycles. The molecule has 1 saturated heterocycles. The van der Waals surface area contributed by atoms with Crippen LogP contribution in [0.4, 0.5) is 4.79 Å². The molecule has 6 amide bonds. The van der Waals surface area contributed by atoms with Crippen molar-refractivity contribution in [2.24, 2.45) is 17.6 Å². The molecule has 17 heteroatoms. The maximum absolute atomic E-state index is 14.1. The van der Waals surface area contributed by atoms with Crippen LogP contribution in [0, 0.1) is 11.8 Å². The quantitative estimate of drug-likeness (QED) is 0.0843. The highest BCUT2D eigenvalue weighted by Gasteiger charge is 2.39. The van der Waals surface area contributed by atoms with Crippen molar-refractivity contribution < 1.29 is 48.1 Å². The first-order valence-electron chi connectivity index (χ1n) is 21.3. The number of methoxy groups -OCH3 is 1. The average molecular weight is 866 g/mol. The highest BCUT2D eigenvalue weighted by Crippen LogP contribution is 2.21. The maximum Gasteiger partial charge on any atom is 0.408 e. The van der Waals surface area contributed by atoms with Gasteiger partial charge in [-0.1, -0.05) is 94.8 Å². The molecule has 1 aliphatic rings. The molecule has 7 unspecified atom stereocenters. The van der Waals surface area contributed by atoms with Crippen molar-refractivity contribution in [3.8, 4) is 0 Å². The van der Waals surface area contributed by atoms with Crippen molar-refractivity contribution in [3.05, 3.63) is 71.8 Å². The van der Waals surface area contributed by atoms with E-state index in [2.05, 4.69) is 26.6 Å².